The molecule has 0 aliphatic carbocycles. The van der Waals surface area contributed by atoms with Crippen molar-refractivity contribution in [2.24, 2.45) is 0 Å². The van der Waals surface area contributed by atoms with Crippen LogP contribution >= 0.6 is 0 Å². The molecule has 1 amide bonds. The van der Waals surface area contributed by atoms with E-state index in [1.54, 1.807) is 29.9 Å². The standard InChI is InChI=1S/C22H19N3O3/c1-15-7-6-10-19-17(13-25(21(15)19)14-20(26)27)11-16(12-23)22(28)24(2)18-8-4-3-5-9-18/h3-11,13H,14H2,1-2H3,(H,26,27)/b16-11+. The van der Waals surface area contributed by atoms with Gasteiger partial charge in [0, 0.05) is 29.9 Å². The largest absolute Gasteiger partial charge is 0.480 e. The van der Waals surface area contributed by atoms with Crippen molar-refractivity contribution < 1.29 is 14.7 Å². The van der Waals surface area contributed by atoms with E-state index in [0.717, 1.165) is 16.5 Å². The van der Waals surface area contributed by atoms with Crippen LogP contribution in [0, 0.1) is 18.3 Å². The van der Waals surface area contributed by atoms with Crippen LogP contribution in [0.25, 0.3) is 17.0 Å². The molecule has 0 bridgehead atoms. The molecular weight excluding hydrogens is 354 g/mol. The van der Waals surface area contributed by atoms with Gasteiger partial charge in [-0.2, -0.15) is 5.26 Å². The van der Waals surface area contributed by atoms with Crippen molar-refractivity contribution in [2.75, 3.05) is 11.9 Å². The van der Waals surface area contributed by atoms with Crippen LogP contribution in [0.1, 0.15) is 11.1 Å². The number of rotatable bonds is 5. The highest BCUT2D eigenvalue weighted by Crippen LogP contribution is 2.27. The molecule has 0 atom stereocenters. The Balaban J connectivity index is 2.07. The highest BCUT2D eigenvalue weighted by atomic mass is 16.4. The summed E-state index contributed by atoms with van der Waals surface area (Å²) in [7, 11) is 1.61. The van der Waals surface area contributed by atoms with E-state index in [4.69, 9.17) is 0 Å². The maximum atomic E-state index is 12.8. The molecule has 1 heterocycles. The van der Waals surface area contributed by atoms with Gasteiger partial charge in [0.15, 0.2) is 0 Å². The fraction of sp³-hybridized carbons (Fsp3) is 0.136. The van der Waals surface area contributed by atoms with Gasteiger partial charge in [-0.05, 0) is 30.7 Å². The van der Waals surface area contributed by atoms with Crippen molar-refractivity contribution in [3.63, 3.8) is 0 Å². The maximum Gasteiger partial charge on any atom is 0.323 e. The van der Waals surface area contributed by atoms with Crippen molar-refractivity contribution >= 4 is 34.5 Å². The Morgan fingerprint density at radius 2 is 1.89 bits per heavy atom. The fourth-order valence-electron chi connectivity index (χ4n) is 3.21. The molecular formula is C22H19N3O3. The quantitative estimate of drug-likeness (QED) is 0.547. The Morgan fingerprint density at radius 3 is 2.54 bits per heavy atom. The molecule has 0 saturated carbocycles. The number of nitriles is 1. The highest BCUT2D eigenvalue weighted by Gasteiger charge is 2.18. The topological polar surface area (TPSA) is 86.3 Å². The summed E-state index contributed by atoms with van der Waals surface area (Å²) in [5.41, 5.74) is 2.98. The zero-order chi connectivity index (χ0) is 20.3. The number of carbonyl (C=O) groups is 2. The zero-order valence-corrected chi connectivity index (χ0v) is 15.6. The van der Waals surface area contributed by atoms with Crippen LogP contribution in [0.4, 0.5) is 5.69 Å². The highest BCUT2D eigenvalue weighted by molar-refractivity contribution is 6.12. The molecule has 0 aliphatic rings. The molecule has 3 aromatic rings. The first-order valence-corrected chi connectivity index (χ1v) is 8.67. The molecule has 28 heavy (non-hydrogen) atoms. The summed E-state index contributed by atoms with van der Waals surface area (Å²) in [6, 6.07) is 16.6. The normalized spacial score (nSPS) is 11.2. The third-order valence-corrected chi connectivity index (χ3v) is 4.54. The van der Waals surface area contributed by atoms with Crippen LogP contribution in [-0.2, 0) is 16.1 Å². The SMILES string of the molecule is Cc1cccc2c(/C=C(\C#N)C(=O)N(C)c3ccccc3)cn(CC(=O)O)c12. The Kier molecular flexibility index (Phi) is 5.28. The van der Waals surface area contributed by atoms with Gasteiger partial charge in [0.1, 0.15) is 18.2 Å². The fourth-order valence-corrected chi connectivity index (χ4v) is 3.21. The predicted octanol–water partition coefficient (Wildman–Crippen LogP) is 3.60. The number of aliphatic carboxylic acids is 1. The van der Waals surface area contributed by atoms with Crippen LogP contribution in [0.2, 0.25) is 0 Å². The van der Waals surface area contributed by atoms with Gasteiger partial charge in [-0.25, -0.2) is 0 Å². The lowest BCUT2D eigenvalue weighted by Crippen LogP contribution is -2.27. The molecule has 0 fully saturated rings. The number of carboxylic acid groups (broad SMARTS) is 1. The number of carboxylic acids is 1. The first-order chi connectivity index (χ1) is 13.4. The van der Waals surface area contributed by atoms with Crippen molar-refractivity contribution in [1.29, 1.82) is 5.26 Å². The molecule has 2 aromatic carbocycles. The zero-order valence-electron chi connectivity index (χ0n) is 15.6. The molecule has 140 valence electrons. The lowest BCUT2D eigenvalue weighted by Gasteiger charge is -2.16. The molecule has 0 saturated heterocycles. The summed E-state index contributed by atoms with van der Waals surface area (Å²) in [5, 5.41) is 19.6. The molecule has 0 unspecified atom stereocenters. The molecule has 0 radical (unpaired) electrons. The van der Waals surface area contributed by atoms with Crippen LogP contribution in [0.5, 0.6) is 0 Å². The molecule has 1 aromatic heterocycles. The monoisotopic (exact) mass is 373 g/mol. The van der Waals surface area contributed by atoms with E-state index in [1.807, 2.05) is 49.4 Å². The van der Waals surface area contributed by atoms with Crippen LogP contribution in [0.3, 0.4) is 0 Å². The third kappa shape index (κ3) is 3.64. The first-order valence-electron chi connectivity index (χ1n) is 8.67. The number of anilines is 1. The molecule has 1 N–H and O–H groups in total. The van der Waals surface area contributed by atoms with Gasteiger partial charge in [-0.3, -0.25) is 9.59 Å². The number of aryl methyl sites for hydroxylation is 1. The lowest BCUT2D eigenvalue weighted by atomic mass is 10.1. The molecule has 3 rings (SSSR count). The van der Waals surface area contributed by atoms with Crippen molar-refractivity contribution in [3.05, 3.63) is 71.4 Å². The average molecular weight is 373 g/mol. The van der Waals surface area contributed by atoms with E-state index in [2.05, 4.69) is 0 Å². The van der Waals surface area contributed by atoms with Crippen molar-refractivity contribution in [3.8, 4) is 6.07 Å². The van der Waals surface area contributed by atoms with Gasteiger partial charge >= 0.3 is 5.97 Å². The molecule has 0 spiro atoms. The number of hydrogen-bond acceptors (Lipinski definition) is 3. The van der Waals surface area contributed by atoms with Crippen LogP contribution in [-0.4, -0.2) is 28.6 Å². The smallest absolute Gasteiger partial charge is 0.323 e. The van der Waals surface area contributed by atoms with E-state index < -0.39 is 11.9 Å². The van der Waals surface area contributed by atoms with E-state index in [-0.39, 0.29) is 12.1 Å². The second-order valence-corrected chi connectivity index (χ2v) is 6.45. The molecule has 6 heteroatoms. The number of amides is 1. The van der Waals surface area contributed by atoms with Gasteiger partial charge < -0.3 is 14.6 Å². The summed E-state index contributed by atoms with van der Waals surface area (Å²) in [6.07, 6.45) is 3.18. The Bertz CT molecular complexity index is 1120. The number of carbonyl (C=O) groups excluding carboxylic acids is 1. The van der Waals surface area contributed by atoms with Crippen LogP contribution in [0.15, 0.2) is 60.3 Å². The van der Waals surface area contributed by atoms with E-state index in [1.165, 1.54) is 11.0 Å². The summed E-state index contributed by atoms with van der Waals surface area (Å²) in [4.78, 5) is 25.4. The number of hydrogen-bond donors (Lipinski definition) is 1. The van der Waals surface area contributed by atoms with Gasteiger partial charge in [-0.1, -0.05) is 36.4 Å². The van der Waals surface area contributed by atoms with Gasteiger partial charge in [0.25, 0.3) is 5.91 Å². The Hall–Kier alpha value is -3.85. The van der Waals surface area contributed by atoms with Gasteiger partial charge in [-0.15, -0.1) is 0 Å². The third-order valence-electron chi connectivity index (χ3n) is 4.54. The number of aromatic nitrogens is 1. The predicted molar refractivity (Wildman–Crippen MR) is 108 cm³/mol. The second kappa shape index (κ2) is 7.80. The van der Waals surface area contributed by atoms with Crippen LogP contribution < -0.4 is 4.90 Å². The minimum atomic E-state index is -0.962. The summed E-state index contributed by atoms with van der Waals surface area (Å²) in [5.74, 6) is -1.39. The minimum absolute atomic E-state index is 0.0257. The number of likely N-dealkylation sites (N-methyl/N-ethyl adjacent to an activating group) is 1. The Morgan fingerprint density at radius 1 is 1.18 bits per heavy atom. The molecule has 6 nitrogen and oxygen atoms in total. The minimum Gasteiger partial charge on any atom is -0.480 e. The summed E-state index contributed by atoms with van der Waals surface area (Å²) < 4.78 is 1.62. The van der Waals surface area contributed by atoms with E-state index in [9.17, 15) is 20.0 Å². The summed E-state index contributed by atoms with van der Waals surface area (Å²) in [6.45, 7) is 1.70. The lowest BCUT2D eigenvalue weighted by molar-refractivity contribution is -0.137. The number of para-hydroxylation sites is 2. The first kappa shape index (κ1) is 18.9. The molecule has 0 aliphatic heterocycles. The second-order valence-electron chi connectivity index (χ2n) is 6.45. The van der Waals surface area contributed by atoms with E-state index in [0.29, 0.717) is 11.3 Å². The van der Waals surface area contributed by atoms with Crippen molar-refractivity contribution in [2.45, 2.75) is 13.5 Å². The van der Waals surface area contributed by atoms with E-state index >= 15 is 0 Å². The maximum absolute atomic E-state index is 12.8. The number of benzene rings is 2. The number of fused-ring (bicyclic) bond motifs is 1. The van der Waals surface area contributed by atoms with Crippen molar-refractivity contribution in [1.82, 2.24) is 4.57 Å². The number of nitrogens with zero attached hydrogens (tertiary/aromatic N) is 3. The average Bonchev–Trinajstić information content (AvgIpc) is 3.03. The Labute approximate surface area is 162 Å². The van der Waals surface area contributed by atoms with Gasteiger partial charge in [0.2, 0.25) is 0 Å². The van der Waals surface area contributed by atoms with Gasteiger partial charge in [0.05, 0.1) is 5.52 Å². The summed E-state index contributed by atoms with van der Waals surface area (Å²) >= 11 is 0.